The minimum absolute atomic E-state index is 0.0133. The summed E-state index contributed by atoms with van der Waals surface area (Å²) in [7, 11) is 0. The van der Waals surface area contributed by atoms with Crippen LogP contribution in [0, 0.1) is 13.8 Å². The lowest BCUT2D eigenvalue weighted by Gasteiger charge is -2.07. The van der Waals surface area contributed by atoms with E-state index in [0.717, 1.165) is 0 Å². The first kappa shape index (κ1) is 11.1. The number of aryl methyl sites for hydroxylation is 2. The van der Waals surface area contributed by atoms with Gasteiger partial charge in [-0.15, -0.1) is 5.10 Å². The maximum Gasteiger partial charge on any atom is 0.173 e. The van der Waals surface area contributed by atoms with Crippen LogP contribution in [0.5, 0.6) is 0 Å². The molecule has 88 valence electrons. The van der Waals surface area contributed by atoms with Crippen LogP contribution in [0.25, 0.3) is 5.82 Å². The van der Waals surface area contributed by atoms with Gasteiger partial charge in [-0.25, -0.2) is 9.97 Å². The molecule has 0 saturated heterocycles. The van der Waals surface area contributed by atoms with E-state index in [1.165, 1.54) is 0 Å². The van der Waals surface area contributed by atoms with Gasteiger partial charge in [-0.05, 0) is 26.0 Å². The Balaban J connectivity index is 2.64. The molecule has 0 spiro atoms. The normalized spacial score (nSPS) is 11.8. The molecule has 0 radical (unpaired) electrons. The number of rotatable bonds is 2. The summed E-state index contributed by atoms with van der Waals surface area (Å²) in [5.41, 5.74) is 6.09. The predicted molar refractivity (Wildman–Crippen MR) is 61.1 cm³/mol. The Kier molecular flexibility index (Phi) is 2.73. The maximum atomic E-state index is 8.72. The monoisotopic (exact) mass is 232 g/mol. The van der Waals surface area contributed by atoms with Crippen molar-refractivity contribution in [2.45, 2.75) is 13.8 Å². The summed E-state index contributed by atoms with van der Waals surface area (Å²) in [5.74, 6) is 1.80. The lowest BCUT2D eigenvalue weighted by molar-refractivity contribution is 0.318. The molecule has 0 fully saturated rings. The summed E-state index contributed by atoms with van der Waals surface area (Å²) in [4.78, 5) is 8.36. The van der Waals surface area contributed by atoms with Gasteiger partial charge in [-0.1, -0.05) is 5.16 Å². The van der Waals surface area contributed by atoms with Crippen molar-refractivity contribution in [2.75, 3.05) is 0 Å². The van der Waals surface area contributed by atoms with Gasteiger partial charge in [0.25, 0.3) is 0 Å². The molecule has 17 heavy (non-hydrogen) atoms. The fraction of sp³-hybridized carbons (Fsp3) is 0.200. The van der Waals surface area contributed by atoms with Gasteiger partial charge >= 0.3 is 0 Å². The van der Waals surface area contributed by atoms with E-state index in [1.54, 1.807) is 29.9 Å². The van der Waals surface area contributed by atoms with Crippen molar-refractivity contribution in [3.8, 4) is 5.82 Å². The number of nitrogens with two attached hydrogens (primary N) is 1. The smallest absolute Gasteiger partial charge is 0.173 e. The van der Waals surface area contributed by atoms with Crippen molar-refractivity contribution in [3.63, 3.8) is 0 Å². The van der Waals surface area contributed by atoms with Gasteiger partial charge in [0.2, 0.25) is 0 Å². The van der Waals surface area contributed by atoms with Gasteiger partial charge in [0.05, 0.1) is 5.56 Å². The number of amidine groups is 1. The van der Waals surface area contributed by atoms with Crippen LogP contribution in [-0.4, -0.2) is 30.8 Å². The third kappa shape index (κ3) is 1.94. The lowest BCUT2D eigenvalue weighted by Crippen LogP contribution is -2.18. The van der Waals surface area contributed by atoms with Gasteiger partial charge in [-0.2, -0.15) is 4.68 Å². The Morgan fingerprint density at radius 2 is 2.24 bits per heavy atom. The zero-order valence-corrected chi connectivity index (χ0v) is 9.49. The minimum Gasteiger partial charge on any atom is -0.409 e. The number of hydrogen-bond acceptors (Lipinski definition) is 5. The van der Waals surface area contributed by atoms with Gasteiger partial charge in [0.1, 0.15) is 11.6 Å². The quantitative estimate of drug-likeness (QED) is 0.337. The highest BCUT2D eigenvalue weighted by molar-refractivity contribution is 5.99. The second-order valence-electron chi connectivity index (χ2n) is 3.48. The molecule has 0 bridgehead atoms. The number of hydrogen-bond donors (Lipinski definition) is 2. The number of nitrogens with zero attached hydrogens (tertiary/aromatic N) is 5. The largest absolute Gasteiger partial charge is 0.409 e. The van der Waals surface area contributed by atoms with E-state index in [2.05, 4.69) is 20.2 Å². The Bertz CT molecular complexity index is 574. The Hall–Kier alpha value is -2.44. The van der Waals surface area contributed by atoms with Crippen LogP contribution >= 0.6 is 0 Å². The second-order valence-corrected chi connectivity index (χ2v) is 3.48. The zero-order valence-electron chi connectivity index (χ0n) is 9.49. The van der Waals surface area contributed by atoms with E-state index in [-0.39, 0.29) is 5.84 Å². The topological polar surface area (TPSA) is 102 Å². The Morgan fingerprint density at radius 1 is 1.47 bits per heavy atom. The number of pyridine rings is 1. The molecule has 2 heterocycles. The lowest BCUT2D eigenvalue weighted by atomic mass is 10.2. The highest BCUT2D eigenvalue weighted by Crippen LogP contribution is 2.12. The fourth-order valence-corrected chi connectivity index (χ4v) is 1.54. The van der Waals surface area contributed by atoms with Crippen molar-refractivity contribution >= 4 is 5.84 Å². The van der Waals surface area contributed by atoms with E-state index in [1.807, 2.05) is 6.92 Å². The molecule has 0 aliphatic rings. The fourth-order valence-electron chi connectivity index (χ4n) is 1.54. The van der Waals surface area contributed by atoms with E-state index in [0.29, 0.717) is 23.0 Å². The zero-order chi connectivity index (χ0) is 12.4. The van der Waals surface area contributed by atoms with Crippen molar-refractivity contribution in [1.29, 1.82) is 0 Å². The highest BCUT2D eigenvalue weighted by Gasteiger charge is 2.13. The van der Waals surface area contributed by atoms with Crippen LogP contribution in [0.3, 0.4) is 0 Å². The minimum atomic E-state index is -0.0133. The average Bonchev–Trinajstić information content (AvgIpc) is 2.67. The molecule has 2 rings (SSSR count). The molecule has 2 aromatic heterocycles. The SMILES string of the molecule is Cc1nc(C)n(-c2ncccc2/C(N)=N/O)n1. The Morgan fingerprint density at radius 3 is 2.82 bits per heavy atom. The standard InChI is InChI=1S/C10H12N6O/c1-6-13-7(2)16(14-6)10-8(9(11)15-17)4-3-5-12-10/h3-5,17H,1-2H3,(H2,11,15). The third-order valence-electron chi connectivity index (χ3n) is 2.25. The molecule has 0 aliphatic carbocycles. The van der Waals surface area contributed by atoms with Crippen LogP contribution in [-0.2, 0) is 0 Å². The molecule has 0 saturated carbocycles. The van der Waals surface area contributed by atoms with E-state index < -0.39 is 0 Å². The van der Waals surface area contributed by atoms with Crippen molar-refractivity contribution in [2.24, 2.45) is 10.9 Å². The summed E-state index contributed by atoms with van der Waals surface area (Å²) in [6.07, 6.45) is 1.61. The molecule has 7 nitrogen and oxygen atoms in total. The third-order valence-corrected chi connectivity index (χ3v) is 2.25. The predicted octanol–water partition coefficient (Wildman–Crippen LogP) is 0.374. The molecular formula is C10H12N6O. The number of oxime groups is 1. The first-order valence-corrected chi connectivity index (χ1v) is 4.97. The number of aromatic nitrogens is 4. The van der Waals surface area contributed by atoms with Crippen LogP contribution < -0.4 is 5.73 Å². The molecule has 3 N–H and O–H groups in total. The van der Waals surface area contributed by atoms with Crippen molar-refractivity contribution in [1.82, 2.24) is 19.7 Å². The second kappa shape index (κ2) is 4.20. The van der Waals surface area contributed by atoms with Crippen LogP contribution in [0.15, 0.2) is 23.5 Å². The van der Waals surface area contributed by atoms with Crippen LogP contribution in [0.2, 0.25) is 0 Å². The van der Waals surface area contributed by atoms with Crippen LogP contribution in [0.1, 0.15) is 17.2 Å². The summed E-state index contributed by atoms with van der Waals surface area (Å²) < 4.78 is 1.56. The highest BCUT2D eigenvalue weighted by atomic mass is 16.4. The molecule has 0 unspecified atom stereocenters. The summed E-state index contributed by atoms with van der Waals surface area (Å²) >= 11 is 0. The van der Waals surface area contributed by atoms with Crippen LogP contribution in [0.4, 0.5) is 0 Å². The molecule has 0 atom stereocenters. The molecule has 7 heteroatoms. The maximum absolute atomic E-state index is 8.72. The average molecular weight is 232 g/mol. The van der Waals surface area contributed by atoms with E-state index in [4.69, 9.17) is 10.9 Å². The van der Waals surface area contributed by atoms with Crippen molar-refractivity contribution in [3.05, 3.63) is 35.5 Å². The first-order valence-electron chi connectivity index (χ1n) is 4.97. The molecule has 0 aromatic carbocycles. The van der Waals surface area contributed by atoms with E-state index >= 15 is 0 Å². The summed E-state index contributed by atoms with van der Waals surface area (Å²) in [6, 6.07) is 3.41. The molecule has 0 aliphatic heterocycles. The summed E-state index contributed by atoms with van der Waals surface area (Å²) in [5, 5.41) is 15.9. The van der Waals surface area contributed by atoms with Gasteiger partial charge < -0.3 is 10.9 Å². The molecular weight excluding hydrogens is 220 g/mol. The molecule has 0 amide bonds. The van der Waals surface area contributed by atoms with E-state index in [9.17, 15) is 0 Å². The van der Waals surface area contributed by atoms with Crippen molar-refractivity contribution < 1.29 is 5.21 Å². The first-order chi connectivity index (χ1) is 8.13. The van der Waals surface area contributed by atoms with Gasteiger partial charge in [0, 0.05) is 6.20 Å². The van der Waals surface area contributed by atoms with Gasteiger partial charge in [0.15, 0.2) is 11.7 Å². The van der Waals surface area contributed by atoms with Gasteiger partial charge in [-0.3, -0.25) is 0 Å². The molecule has 2 aromatic rings. The Labute approximate surface area is 97.6 Å². The summed E-state index contributed by atoms with van der Waals surface area (Å²) in [6.45, 7) is 3.60.